The molecule has 0 bridgehead atoms. The predicted octanol–water partition coefficient (Wildman–Crippen LogP) is 2.75. The minimum atomic E-state index is -2.66. The number of halogens is 3. The second-order valence-corrected chi connectivity index (χ2v) is 9.95. The van der Waals surface area contributed by atoms with Gasteiger partial charge in [-0.25, -0.2) is 13.2 Å². The van der Waals surface area contributed by atoms with Gasteiger partial charge in [0.2, 0.25) is 17.7 Å². The van der Waals surface area contributed by atoms with Crippen molar-refractivity contribution in [3.8, 4) is 0 Å². The Balaban J connectivity index is 1.87. The summed E-state index contributed by atoms with van der Waals surface area (Å²) in [6.45, 7) is 5.13. The fraction of sp³-hybridized carbons (Fsp3) is 0.565. The number of alkyl halides is 2. The first-order chi connectivity index (χ1) is 15.8. The minimum Gasteiger partial charge on any atom is -0.368 e. The SMILES string of the molecule is CC(C)(C)[C@H](NC(=O)c1nn(CC2CCC(F)(F)CC2)c2ccc(F)cc12)C(=O)NCC(N)=O. The average Bonchev–Trinajstić information content (AvgIpc) is 3.08. The van der Waals surface area contributed by atoms with Crippen LogP contribution in [0.3, 0.4) is 0 Å². The highest BCUT2D eigenvalue weighted by molar-refractivity contribution is 6.06. The van der Waals surface area contributed by atoms with Gasteiger partial charge in [-0.2, -0.15) is 5.10 Å². The number of aromatic nitrogens is 2. The molecule has 1 saturated carbocycles. The van der Waals surface area contributed by atoms with E-state index in [0.717, 1.165) is 0 Å². The topological polar surface area (TPSA) is 119 Å². The Morgan fingerprint density at radius 2 is 1.88 bits per heavy atom. The summed E-state index contributed by atoms with van der Waals surface area (Å²) in [5, 5.41) is 9.65. The Morgan fingerprint density at radius 1 is 1.24 bits per heavy atom. The van der Waals surface area contributed by atoms with Crippen molar-refractivity contribution in [3.05, 3.63) is 29.7 Å². The summed E-state index contributed by atoms with van der Waals surface area (Å²) in [6, 6.07) is 2.88. The Kier molecular flexibility index (Phi) is 7.23. The molecule has 11 heteroatoms. The van der Waals surface area contributed by atoms with Gasteiger partial charge in [0.25, 0.3) is 5.91 Å². The summed E-state index contributed by atoms with van der Waals surface area (Å²) >= 11 is 0. The van der Waals surface area contributed by atoms with E-state index in [0.29, 0.717) is 24.9 Å². The molecule has 4 N–H and O–H groups in total. The van der Waals surface area contributed by atoms with Crippen LogP contribution in [0.5, 0.6) is 0 Å². The molecule has 1 aromatic carbocycles. The third-order valence-electron chi connectivity index (χ3n) is 6.04. The van der Waals surface area contributed by atoms with Crippen LogP contribution in [0.15, 0.2) is 18.2 Å². The van der Waals surface area contributed by atoms with E-state index < -0.39 is 40.9 Å². The van der Waals surface area contributed by atoms with E-state index in [1.807, 2.05) is 0 Å². The number of hydrogen-bond donors (Lipinski definition) is 3. The van der Waals surface area contributed by atoms with Crippen molar-refractivity contribution in [2.75, 3.05) is 6.54 Å². The van der Waals surface area contributed by atoms with Crippen molar-refractivity contribution in [2.24, 2.45) is 17.1 Å². The summed E-state index contributed by atoms with van der Waals surface area (Å²) in [5.41, 5.74) is 4.77. The lowest BCUT2D eigenvalue weighted by molar-refractivity contribution is -0.128. The van der Waals surface area contributed by atoms with Crippen LogP contribution in [0.2, 0.25) is 0 Å². The molecule has 0 aliphatic heterocycles. The predicted molar refractivity (Wildman–Crippen MR) is 120 cm³/mol. The molecule has 0 radical (unpaired) electrons. The van der Waals surface area contributed by atoms with Crippen molar-refractivity contribution in [2.45, 2.75) is 65.0 Å². The number of benzene rings is 1. The summed E-state index contributed by atoms with van der Waals surface area (Å²) in [7, 11) is 0. The number of rotatable bonds is 7. The number of amides is 3. The van der Waals surface area contributed by atoms with Crippen molar-refractivity contribution in [1.82, 2.24) is 20.4 Å². The maximum Gasteiger partial charge on any atom is 0.273 e. The molecule has 1 heterocycles. The van der Waals surface area contributed by atoms with Gasteiger partial charge < -0.3 is 16.4 Å². The number of primary amides is 1. The molecule has 1 atom stereocenters. The van der Waals surface area contributed by atoms with Crippen LogP contribution in [0.1, 0.15) is 56.9 Å². The maximum atomic E-state index is 14.0. The zero-order valence-electron chi connectivity index (χ0n) is 19.5. The van der Waals surface area contributed by atoms with E-state index in [9.17, 15) is 27.6 Å². The summed E-state index contributed by atoms with van der Waals surface area (Å²) in [6.07, 6.45) is 0.242. The fourth-order valence-corrected chi connectivity index (χ4v) is 4.14. The summed E-state index contributed by atoms with van der Waals surface area (Å²) in [4.78, 5) is 36.8. The molecule has 3 amide bonds. The number of hydrogen-bond acceptors (Lipinski definition) is 4. The van der Waals surface area contributed by atoms with Crippen LogP contribution in [-0.2, 0) is 16.1 Å². The summed E-state index contributed by atoms with van der Waals surface area (Å²) in [5.74, 6) is -5.30. The zero-order valence-corrected chi connectivity index (χ0v) is 19.5. The van der Waals surface area contributed by atoms with Crippen LogP contribution in [0.25, 0.3) is 10.9 Å². The van der Waals surface area contributed by atoms with Crippen LogP contribution in [-0.4, -0.2) is 46.0 Å². The smallest absolute Gasteiger partial charge is 0.273 e. The molecule has 2 aromatic rings. The van der Waals surface area contributed by atoms with Crippen molar-refractivity contribution >= 4 is 28.6 Å². The first-order valence-corrected chi connectivity index (χ1v) is 11.2. The van der Waals surface area contributed by atoms with Crippen LogP contribution >= 0.6 is 0 Å². The first kappa shape index (κ1) is 25.5. The van der Waals surface area contributed by atoms with Crippen molar-refractivity contribution in [1.29, 1.82) is 0 Å². The highest BCUT2D eigenvalue weighted by Gasteiger charge is 2.36. The Morgan fingerprint density at radius 3 is 2.47 bits per heavy atom. The minimum absolute atomic E-state index is 0.0504. The largest absolute Gasteiger partial charge is 0.368 e. The van der Waals surface area contributed by atoms with Crippen molar-refractivity contribution < 1.29 is 27.6 Å². The van der Waals surface area contributed by atoms with Crippen molar-refractivity contribution in [3.63, 3.8) is 0 Å². The average molecular weight is 482 g/mol. The van der Waals surface area contributed by atoms with E-state index in [4.69, 9.17) is 5.73 Å². The van der Waals surface area contributed by atoms with Gasteiger partial charge in [-0.15, -0.1) is 0 Å². The molecule has 0 unspecified atom stereocenters. The molecule has 1 aliphatic rings. The number of nitrogens with one attached hydrogen (secondary N) is 2. The lowest BCUT2D eigenvalue weighted by Crippen LogP contribution is -2.54. The number of nitrogens with zero attached hydrogens (tertiary/aromatic N) is 2. The van der Waals surface area contributed by atoms with E-state index in [1.54, 1.807) is 20.8 Å². The van der Waals surface area contributed by atoms with E-state index in [2.05, 4.69) is 15.7 Å². The van der Waals surface area contributed by atoms with E-state index >= 15 is 0 Å². The van der Waals surface area contributed by atoms with Gasteiger partial charge in [0.15, 0.2) is 5.69 Å². The number of fused-ring (bicyclic) bond motifs is 1. The second-order valence-electron chi connectivity index (χ2n) is 9.95. The lowest BCUT2D eigenvalue weighted by Gasteiger charge is -2.30. The quantitative estimate of drug-likeness (QED) is 0.563. The number of carbonyl (C=O) groups is 3. The molecule has 34 heavy (non-hydrogen) atoms. The van der Waals surface area contributed by atoms with Gasteiger partial charge in [-0.1, -0.05) is 20.8 Å². The van der Waals surface area contributed by atoms with Gasteiger partial charge >= 0.3 is 0 Å². The second kappa shape index (κ2) is 9.63. The molecule has 1 aliphatic carbocycles. The van der Waals surface area contributed by atoms with Crippen LogP contribution in [0.4, 0.5) is 13.2 Å². The molecule has 0 saturated heterocycles. The number of carbonyl (C=O) groups excluding carboxylic acids is 3. The molecular formula is C23H30F3N5O3. The normalized spacial score (nSPS) is 17.4. The molecule has 8 nitrogen and oxygen atoms in total. The number of nitrogens with two attached hydrogens (primary N) is 1. The van der Waals surface area contributed by atoms with E-state index in [1.165, 1.54) is 22.9 Å². The van der Waals surface area contributed by atoms with Gasteiger partial charge in [-0.05, 0) is 42.4 Å². The van der Waals surface area contributed by atoms with Crippen LogP contribution in [0, 0.1) is 17.2 Å². The van der Waals surface area contributed by atoms with Crippen LogP contribution < -0.4 is 16.4 Å². The summed E-state index contributed by atoms with van der Waals surface area (Å²) < 4.78 is 42.6. The molecule has 3 rings (SSSR count). The Labute approximate surface area is 195 Å². The third-order valence-corrected chi connectivity index (χ3v) is 6.04. The van der Waals surface area contributed by atoms with Gasteiger partial charge in [0, 0.05) is 24.8 Å². The monoisotopic (exact) mass is 481 g/mol. The molecular weight excluding hydrogens is 451 g/mol. The molecule has 0 spiro atoms. The maximum absolute atomic E-state index is 14.0. The highest BCUT2D eigenvalue weighted by atomic mass is 19.3. The Bertz CT molecular complexity index is 1080. The van der Waals surface area contributed by atoms with Gasteiger partial charge in [-0.3, -0.25) is 19.1 Å². The molecule has 1 fully saturated rings. The Hall–Kier alpha value is -3.11. The lowest BCUT2D eigenvalue weighted by atomic mass is 9.86. The van der Waals surface area contributed by atoms with Gasteiger partial charge in [0.05, 0.1) is 12.1 Å². The van der Waals surface area contributed by atoms with E-state index in [-0.39, 0.29) is 36.4 Å². The fourth-order valence-electron chi connectivity index (χ4n) is 4.14. The first-order valence-electron chi connectivity index (χ1n) is 11.2. The molecule has 186 valence electrons. The standard InChI is InChI=1S/C23H30F3N5O3/c1-22(2,3)19(21(34)28-11-17(27)32)29-20(33)18-15-10-14(24)4-5-16(15)31(30-18)12-13-6-8-23(25,26)9-7-13/h4-5,10,13,19H,6-9,11-12H2,1-3H3,(H2,27,32)(H,28,34)(H,29,33)/t19-/m1/s1. The highest BCUT2D eigenvalue weighted by Crippen LogP contribution is 2.37. The zero-order chi connectivity index (χ0) is 25.3. The van der Waals surface area contributed by atoms with Gasteiger partial charge in [0.1, 0.15) is 11.9 Å². The third kappa shape index (κ3) is 6.06. The molecule has 1 aromatic heterocycles.